The molecule has 0 aliphatic carbocycles. The fourth-order valence-electron chi connectivity index (χ4n) is 3.56. The third kappa shape index (κ3) is 2.96. The second-order valence-corrected chi connectivity index (χ2v) is 7.28. The SMILES string of the molecule is CCC1COC2=CC=C(CCc3nc4c(C)ncc(C)n4n3)NC2(C)N1. The van der Waals surface area contributed by atoms with Crippen LogP contribution in [-0.2, 0) is 11.2 Å². The molecule has 2 aliphatic heterocycles. The fraction of sp³-hybridized carbons (Fsp3) is 0.526. The van der Waals surface area contributed by atoms with Crippen LogP contribution in [0.25, 0.3) is 5.65 Å². The van der Waals surface area contributed by atoms with Crippen molar-refractivity contribution in [2.75, 3.05) is 6.61 Å². The Bertz CT molecular complexity index is 860. The topological polar surface area (TPSA) is 76.4 Å². The molecule has 0 aromatic carbocycles. The molecule has 26 heavy (non-hydrogen) atoms. The van der Waals surface area contributed by atoms with Crippen LogP contribution in [0.4, 0.5) is 0 Å². The Kier molecular flexibility index (Phi) is 4.19. The van der Waals surface area contributed by atoms with Crippen LogP contribution in [-0.4, -0.2) is 37.9 Å². The van der Waals surface area contributed by atoms with Gasteiger partial charge in [-0.05, 0) is 45.8 Å². The van der Waals surface area contributed by atoms with E-state index in [9.17, 15) is 0 Å². The highest BCUT2D eigenvalue weighted by atomic mass is 16.5. The Balaban J connectivity index is 1.49. The number of morpholine rings is 1. The molecule has 7 nitrogen and oxygen atoms in total. The first-order valence-electron chi connectivity index (χ1n) is 9.26. The highest BCUT2D eigenvalue weighted by Gasteiger charge is 2.38. The normalized spacial score (nSPS) is 25.2. The third-order valence-corrected chi connectivity index (χ3v) is 5.14. The van der Waals surface area contributed by atoms with Crippen molar-refractivity contribution in [3.63, 3.8) is 0 Å². The number of rotatable bonds is 4. The minimum absolute atomic E-state index is 0.341. The van der Waals surface area contributed by atoms with Crippen LogP contribution >= 0.6 is 0 Å². The van der Waals surface area contributed by atoms with Crippen molar-refractivity contribution in [3.8, 4) is 0 Å². The summed E-state index contributed by atoms with van der Waals surface area (Å²) in [6.45, 7) is 8.99. The molecule has 4 rings (SSSR count). The minimum Gasteiger partial charge on any atom is -0.492 e. The van der Waals surface area contributed by atoms with Gasteiger partial charge in [0.15, 0.2) is 11.5 Å². The molecule has 2 atom stereocenters. The second-order valence-electron chi connectivity index (χ2n) is 7.28. The summed E-state index contributed by atoms with van der Waals surface area (Å²) < 4.78 is 7.80. The molecule has 0 radical (unpaired) electrons. The maximum atomic E-state index is 5.92. The van der Waals surface area contributed by atoms with Crippen molar-refractivity contribution in [2.45, 2.75) is 58.7 Å². The van der Waals surface area contributed by atoms with Gasteiger partial charge < -0.3 is 10.1 Å². The van der Waals surface area contributed by atoms with Gasteiger partial charge in [0.05, 0.1) is 11.4 Å². The molecule has 0 saturated carbocycles. The summed E-state index contributed by atoms with van der Waals surface area (Å²) >= 11 is 0. The number of aryl methyl sites for hydroxylation is 3. The van der Waals surface area contributed by atoms with Crippen molar-refractivity contribution in [1.82, 2.24) is 30.2 Å². The molecule has 0 amide bonds. The molecule has 1 saturated heterocycles. The zero-order valence-electron chi connectivity index (χ0n) is 15.8. The highest BCUT2D eigenvalue weighted by molar-refractivity contribution is 5.43. The van der Waals surface area contributed by atoms with E-state index in [1.165, 1.54) is 0 Å². The van der Waals surface area contributed by atoms with E-state index in [2.05, 4.69) is 51.7 Å². The molecule has 0 spiro atoms. The van der Waals surface area contributed by atoms with Gasteiger partial charge in [0.1, 0.15) is 18.0 Å². The molecule has 2 unspecified atom stereocenters. The smallest absolute Gasteiger partial charge is 0.177 e. The summed E-state index contributed by atoms with van der Waals surface area (Å²) in [7, 11) is 0. The zero-order valence-corrected chi connectivity index (χ0v) is 15.8. The summed E-state index contributed by atoms with van der Waals surface area (Å²) in [6.07, 6.45) is 8.66. The Morgan fingerprint density at radius 1 is 1.31 bits per heavy atom. The van der Waals surface area contributed by atoms with Crippen molar-refractivity contribution in [3.05, 3.63) is 47.0 Å². The van der Waals surface area contributed by atoms with Crippen LogP contribution in [0, 0.1) is 13.8 Å². The van der Waals surface area contributed by atoms with E-state index >= 15 is 0 Å². The molecule has 2 N–H and O–H groups in total. The van der Waals surface area contributed by atoms with Gasteiger partial charge in [-0.3, -0.25) is 10.3 Å². The van der Waals surface area contributed by atoms with Crippen molar-refractivity contribution >= 4 is 5.65 Å². The van der Waals surface area contributed by atoms with Gasteiger partial charge in [-0.15, -0.1) is 0 Å². The Hall–Kier alpha value is -2.41. The number of dihydropyridines is 1. The largest absolute Gasteiger partial charge is 0.492 e. The molecule has 1 fully saturated rings. The maximum absolute atomic E-state index is 5.92. The zero-order chi connectivity index (χ0) is 18.3. The lowest BCUT2D eigenvalue weighted by atomic mass is 9.99. The minimum atomic E-state index is -0.341. The van der Waals surface area contributed by atoms with Crippen molar-refractivity contribution in [1.29, 1.82) is 0 Å². The van der Waals surface area contributed by atoms with E-state index in [1.54, 1.807) is 0 Å². The number of hydrogen-bond donors (Lipinski definition) is 2. The number of hydrogen-bond acceptors (Lipinski definition) is 6. The van der Waals surface area contributed by atoms with Gasteiger partial charge in [0.25, 0.3) is 0 Å². The van der Waals surface area contributed by atoms with Gasteiger partial charge in [-0.1, -0.05) is 6.92 Å². The quantitative estimate of drug-likeness (QED) is 0.876. The average molecular weight is 354 g/mol. The summed E-state index contributed by atoms with van der Waals surface area (Å²) in [5, 5.41) is 11.9. The van der Waals surface area contributed by atoms with Crippen LogP contribution in [0.15, 0.2) is 29.8 Å². The van der Waals surface area contributed by atoms with Crippen molar-refractivity contribution in [2.24, 2.45) is 0 Å². The standard InChI is InChI=1S/C19H26N6O/c1-5-14-11-26-16-8-6-15(23-19(16,4)22-14)7-9-17-21-18-13(3)20-10-12(2)25(18)24-17/h6,8,10,14,22-23H,5,7,9,11H2,1-4H3. The summed E-state index contributed by atoms with van der Waals surface area (Å²) in [5.41, 5.74) is 3.56. The number of fused-ring (bicyclic) bond motifs is 2. The summed E-state index contributed by atoms with van der Waals surface area (Å²) in [6, 6.07) is 0.363. The maximum Gasteiger partial charge on any atom is 0.177 e. The van der Waals surface area contributed by atoms with Crippen molar-refractivity contribution < 1.29 is 4.74 Å². The number of nitrogens with zero attached hydrogens (tertiary/aromatic N) is 4. The number of aromatic nitrogens is 4. The predicted molar refractivity (Wildman–Crippen MR) is 99.5 cm³/mol. The number of allylic oxidation sites excluding steroid dienone is 3. The molecule has 2 aliphatic rings. The lowest BCUT2D eigenvalue weighted by Crippen LogP contribution is -2.64. The number of nitrogens with one attached hydrogen (secondary N) is 2. The lowest BCUT2D eigenvalue weighted by Gasteiger charge is -2.44. The molecule has 7 heteroatoms. The molecule has 138 valence electrons. The number of ether oxygens (including phenoxy) is 1. The van der Waals surface area contributed by atoms with E-state index in [1.807, 2.05) is 24.6 Å². The van der Waals surface area contributed by atoms with Crippen LogP contribution in [0.2, 0.25) is 0 Å². The second kappa shape index (κ2) is 6.39. The van der Waals surface area contributed by atoms with E-state index in [4.69, 9.17) is 4.74 Å². The molecule has 2 aromatic heterocycles. The van der Waals surface area contributed by atoms with E-state index in [0.717, 1.165) is 60.2 Å². The van der Waals surface area contributed by atoms with Crippen LogP contribution in [0.1, 0.15) is 43.9 Å². The first kappa shape index (κ1) is 17.0. The average Bonchev–Trinajstić information content (AvgIpc) is 3.07. The Morgan fingerprint density at radius 2 is 2.15 bits per heavy atom. The lowest BCUT2D eigenvalue weighted by molar-refractivity contribution is 0.0564. The van der Waals surface area contributed by atoms with Gasteiger partial charge in [0, 0.05) is 24.4 Å². The van der Waals surface area contributed by atoms with Gasteiger partial charge in [0.2, 0.25) is 0 Å². The predicted octanol–water partition coefficient (Wildman–Crippen LogP) is 2.16. The molecular weight excluding hydrogens is 328 g/mol. The highest BCUT2D eigenvalue weighted by Crippen LogP contribution is 2.27. The third-order valence-electron chi connectivity index (χ3n) is 5.14. The van der Waals surface area contributed by atoms with Crippen LogP contribution < -0.4 is 10.6 Å². The first-order chi connectivity index (χ1) is 12.5. The fourth-order valence-corrected chi connectivity index (χ4v) is 3.56. The molecular formula is C19H26N6O. The van der Waals surface area contributed by atoms with E-state index in [-0.39, 0.29) is 5.66 Å². The van der Waals surface area contributed by atoms with Gasteiger partial charge in [-0.2, -0.15) is 5.10 Å². The monoisotopic (exact) mass is 354 g/mol. The summed E-state index contributed by atoms with van der Waals surface area (Å²) in [4.78, 5) is 9.02. The van der Waals surface area contributed by atoms with E-state index in [0.29, 0.717) is 6.04 Å². The molecule has 0 bridgehead atoms. The van der Waals surface area contributed by atoms with E-state index < -0.39 is 0 Å². The first-order valence-corrected chi connectivity index (χ1v) is 9.26. The van der Waals surface area contributed by atoms with Crippen LogP contribution in [0.5, 0.6) is 0 Å². The van der Waals surface area contributed by atoms with Gasteiger partial charge in [-0.25, -0.2) is 9.50 Å². The van der Waals surface area contributed by atoms with Gasteiger partial charge >= 0.3 is 0 Å². The molecule has 2 aromatic rings. The Labute approximate surface area is 153 Å². The van der Waals surface area contributed by atoms with Crippen LogP contribution in [0.3, 0.4) is 0 Å². The summed E-state index contributed by atoms with van der Waals surface area (Å²) in [5.74, 6) is 1.79. The Morgan fingerprint density at radius 3 is 2.92 bits per heavy atom. The molecule has 4 heterocycles.